The van der Waals surface area contributed by atoms with Gasteiger partial charge in [0.15, 0.2) is 11.5 Å². The number of fused-ring (bicyclic) bond motifs is 1. The van der Waals surface area contributed by atoms with E-state index in [9.17, 15) is 9.59 Å². The van der Waals surface area contributed by atoms with Gasteiger partial charge in [-0.05, 0) is 43.2 Å². The Kier molecular flexibility index (Phi) is 4.81. The van der Waals surface area contributed by atoms with E-state index in [0.29, 0.717) is 27.9 Å². The molecule has 0 aromatic heterocycles. The number of hydrogen-bond donors (Lipinski definition) is 2. The molecular formula is C18H17ClN2O4. The Bertz CT molecular complexity index is 828. The lowest BCUT2D eigenvalue weighted by Gasteiger charge is -2.12. The molecule has 2 aromatic rings. The standard InChI is InChI=1S/C18H17ClN2O4/c1-10-5-11(2)18(13(19)6-10)21-17(23)8-16(22)20-12-3-4-14-15(7-12)25-9-24-14/h3-7H,8-9H2,1-2H3,(H,20,22)(H,21,23). The van der Waals surface area contributed by atoms with Crippen molar-refractivity contribution in [1.29, 1.82) is 0 Å². The molecule has 0 fully saturated rings. The van der Waals surface area contributed by atoms with E-state index in [1.54, 1.807) is 24.3 Å². The van der Waals surface area contributed by atoms with E-state index in [-0.39, 0.29) is 13.2 Å². The molecule has 0 spiro atoms. The summed E-state index contributed by atoms with van der Waals surface area (Å²) in [7, 11) is 0. The van der Waals surface area contributed by atoms with E-state index in [1.165, 1.54) is 0 Å². The van der Waals surface area contributed by atoms with Crippen LogP contribution in [0, 0.1) is 13.8 Å². The van der Waals surface area contributed by atoms with E-state index in [4.69, 9.17) is 21.1 Å². The molecule has 1 aliphatic rings. The second-order valence-electron chi connectivity index (χ2n) is 5.78. The molecule has 130 valence electrons. The predicted molar refractivity (Wildman–Crippen MR) is 95.4 cm³/mol. The van der Waals surface area contributed by atoms with Gasteiger partial charge in [-0.1, -0.05) is 17.7 Å². The largest absolute Gasteiger partial charge is 0.454 e. The van der Waals surface area contributed by atoms with Gasteiger partial charge in [0.05, 0.1) is 10.7 Å². The van der Waals surface area contributed by atoms with Crippen LogP contribution in [0.15, 0.2) is 30.3 Å². The third kappa shape index (κ3) is 4.03. The van der Waals surface area contributed by atoms with Crippen molar-refractivity contribution in [2.24, 2.45) is 0 Å². The van der Waals surface area contributed by atoms with Gasteiger partial charge in [0, 0.05) is 11.8 Å². The van der Waals surface area contributed by atoms with Crippen LogP contribution >= 0.6 is 11.6 Å². The average molecular weight is 361 g/mol. The summed E-state index contributed by atoms with van der Waals surface area (Å²) in [6.07, 6.45) is -0.321. The van der Waals surface area contributed by atoms with E-state index < -0.39 is 11.8 Å². The number of rotatable bonds is 4. The molecule has 2 amide bonds. The monoisotopic (exact) mass is 360 g/mol. The second-order valence-corrected chi connectivity index (χ2v) is 6.19. The lowest BCUT2D eigenvalue weighted by molar-refractivity contribution is -0.123. The van der Waals surface area contributed by atoms with Crippen LogP contribution in [0.1, 0.15) is 17.5 Å². The van der Waals surface area contributed by atoms with Gasteiger partial charge in [-0.15, -0.1) is 0 Å². The maximum absolute atomic E-state index is 12.1. The van der Waals surface area contributed by atoms with Crippen LogP contribution < -0.4 is 20.1 Å². The number of amides is 2. The van der Waals surface area contributed by atoms with E-state index >= 15 is 0 Å². The maximum Gasteiger partial charge on any atom is 0.233 e. The average Bonchev–Trinajstić information content (AvgIpc) is 2.98. The van der Waals surface area contributed by atoms with Crippen LogP contribution in [0.4, 0.5) is 11.4 Å². The van der Waals surface area contributed by atoms with Crippen LogP contribution in [0.5, 0.6) is 11.5 Å². The molecule has 6 nitrogen and oxygen atoms in total. The molecular weight excluding hydrogens is 344 g/mol. The molecule has 1 aliphatic heterocycles. The topological polar surface area (TPSA) is 76.7 Å². The Hall–Kier alpha value is -2.73. The first-order valence-corrected chi connectivity index (χ1v) is 8.06. The fourth-order valence-electron chi connectivity index (χ4n) is 2.58. The molecule has 0 saturated heterocycles. The Morgan fingerprint density at radius 2 is 1.76 bits per heavy atom. The van der Waals surface area contributed by atoms with Crippen molar-refractivity contribution < 1.29 is 19.1 Å². The summed E-state index contributed by atoms with van der Waals surface area (Å²) in [4.78, 5) is 24.2. The lowest BCUT2D eigenvalue weighted by atomic mass is 10.1. The number of anilines is 2. The van der Waals surface area contributed by atoms with Crippen LogP contribution in [0.2, 0.25) is 5.02 Å². The summed E-state index contributed by atoms with van der Waals surface area (Å²) in [5, 5.41) is 5.79. The molecule has 0 unspecified atom stereocenters. The Morgan fingerprint density at radius 3 is 2.52 bits per heavy atom. The lowest BCUT2D eigenvalue weighted by Crippen LogP contribution is -2.22. The SMILES string of the molecule is Cc1cc(C)c(NC(=O)CC(=O)Nc2ccc3c(c2)OCO3)c(Cl)c1. The molecule has 0 aliphatic carbocycles. The summed E-state index contributed by atoms with van der Waals surface area (Å²) < 4.78 is 10.5. The molecule has 0 bridgehead atoms. The maximum atomic E-state index is 12.1. The molecule has 3 rings (SSSR count). The highest BCUT2D eigenvalue weighted by atomic mass is 35.5. The minimum atomic E-state index is -0.438. The first-order chi connectivity index (χ1) is 11.9. The zero-order chi connectivity index (χ0) is 18.0. The third-order valence-electron chi connectivity index (χ3n) is 3.67. The van der Waals surface area contributed by atoms with Gasteiger partial charge in [-0.25, -0.2) is 0 Å². The van der Waals surface area contributed by atoms with Crippen molar-refractivity contribution in [1.82, 2.24) is 0 Å². The smallest absolute Gasteiger partial charge is 0.233 e. The van der Waals surface area contributed by atoms with Crippen molar-refractivity contribution in [3.8, 4) is 11.5 Å². The highest BCUT2D eigenvalue weighted by molar-refractivity contribution is 6.34. The quantitative estimate of drug-likeness (QED) is 0.816. The molecule has 25 heavy (non-hydrogen) atoms. The van der Waals surface area contributed by atoms with Crippen molar-refractivity contribution in [2.45, 2.75) is 20.3 Å². The fraction of sp³-hybridized carbons (Fsp3) is 0.222. The zero-order valence-corrected chi connectivity index (χ0v) is 14.6. The second kappa shape index (κ2) is 7.03. The van der Waals surface area contributed by atoms with E-state index in [2.05, 4.69) is 10.6 Å². The number of halogens is 1. The molecule has 7 heteroatoms. The highest BCUT2D eigenvalue weighted by Gasteiger charge is 2.16. The third-order valence-corrected chi connectivity index (χ3v) is 3.97. The van der Waals surface area contributed by atoms with Crippen molar-refractivity contribution in [2.75, 3.05) is 17.4 Å². The van der Waals surface area contributed by atoms with Gasteiger partial charge >= 0.3 is 0 Å². The number of carbonyl (C=O) groups is 2. The summed E-state index contributed by atoms with van der Waals surface area (Å²) in [6.45, 7) is 3.93. The normalized spacial score (nSPS) is 12.0. The first kappa shape index (κ1) is 17.1. The highest BCUT2D eigenvalue weighted by Crippen LogP contribution is 2.34. The zero-order valence-electron chi connectivity index (χ0n) is 13.8. The summed E-state index contributed by atoms with van der Waals surface area (Å²) >= 11 is 6.16. The number of carbonyl (C=O) groups excluding carboxylic acids is 2. The van der Waals surface area contributed by atoms with Gasteiger partial charge < -0.3 is 20.1 Å². The van der Waals surface area contributed by atoms with Crippen LogP contribution in [0.3, 0.4) is 0 Å². The van der Waals surface area contributed by atoms with E-state index in [0.717, 1.165) is 11.1 Å². The number of ether oxygens (including phenoxy) is 2. The fourth-order valence-corrected chi connectivity index (χ4v) is 2.95. The van der Waals surface area contributed by atoms with Gasteiger partial charge in [0.1, 0.15) is 6.42 Å². The Morgan fingerprint density at radius 1 is 1.04 bits per heavy atom. The van der Waals surface area contributed by atoms with Crippen LogP contribution in [-0.2, 0) is 9.59 Å². The number of benzene rings is 2. The molecule has 0 saturated carbocycles. The van der Waals surface area contributed by atoms with Crippen molar-refractivity contribution in [3.63, 3.8) is 0 Å². The van der Waals surface area contributed by atoms with Crippen LogP contribution in [0.25, 0.3) is 0 Å². The summed E-state index contributed by atoms with van der Waals surface area (Å²) in [5.41, 5.74) is 2.90. The first-order valence-electron chi connectivity index (χ1n) is 7.68. The minimum absolute atomic E-state index is 0.159. The summed E-state index contributed by atoms with van der Waals surface area (Å²) in [6, 6.07) is 8.71. The molecule has 0 atom stereocenters. The molecule has 2 N–H and O–H groups in total. The Balaban J connectivity index is 1.60. The number of nitrogens with one attached hydrogen (secondary N) is 2. The molecule has 1 heterocycles. The Labute approximate surface area is 150 Å². The van der Waals surface area contributed by atoms with Crippen molar-refractivity contribution >= 4 is 34.8 Å². The minimum Gasteiger partial charge on any atom is -0.454 e. The molecule has 2 aromatic carbocycles. The molecule has 0 radical (unpaired) electrons. The van der Waals surface area contributed by atoms with Crippen molar-refractivity contribution in [3.05, 3.63) is 46.5 Å². The number of hydrogen-bond acceptors (Lipinski definition) is 4. The summed E-state index contributed by atoms with van der Waals surface area (Å²) in [5.74, 6) is 0.314. The van der Waals surface area contributed by atoms with Gasteiger partial charge in [0.2, 0.25) is 18.6 Å². The van der Waals surface area contributed by atoms with E-state index in [1.807, 2.05) is 19.9 Å². The predicted octanol–water partition coefficient (Wildman–Crippen LogP) is 3.65. The van der Waals surface area contributed by atoms with Gasteiger partial charge in [-0.2, -0.15) is 0 Å². The van der Waals surface area contributed by atoms with Gasteiger partial charge in [-0.3, -0.25) is 9.59 Å². The number of aryl methyl sites for hydroxylation is 2. The van der Waals surface area contributed by atoms with Gasteiger partial charge in [0.25, 0.3) is 0 Å². The van der Waals surface area contributed by atoms with Crippen LogP contribution in [-0.4, -0.2) is 18.6 Å².